The van der Waals surface area contributed by atoms with Crippen molar-refractivity contribution in [3.05, 3.63) is 0 Å². The Morgan fingerprint density at radius 3 is 2.60 bits per heavy atom. The molecule has 0 aromatic carbocycles. The number of nitrogens with zero attached hydrogens (tertiary/aromatic N) is 2. The minimum absolute atomic E-state index is 0. The number of rotatable bonds is 1. The van der Waals surface area contributed by atoms with Gasteiger partial charge in [0.1, 0.15) is 0 Å². The molecule has 3 aliphatic rings. The summed E-state index contributed by atoms with van der Waals surface area (Å²) in [6, 6.07) is 0.646. The maximum atomic E-state index is 12.5. The lowest BCUT2D eigenvalue weighted by molar-refractivity contribution is -0.139. The number of piperidine rings is 2. The average molecular weight is 324 g/mol. The second kappa shape index (κ2) is 8.42. The SMILES string of the molecule is Cl.Cl.O=C(C1CCCNC1)N1CCN2CCCCC2C1. The maximum Gasteiger partial charge on any atom is 0.227 e. The molecule has 118 valence electrons. The Morgan fingerprint density at radius 2 is 1.85 bits per heavy atom. The first-order chi connectivity index (χ1) is 8.84. The Bertz CT molecular complexity index is 311. The van der Waals surface area contributed by atoms with Crippen LogP contribution in [0.2, 0.25) is 0 Å². The van der Waals surface area contributed by atoms with Gasteiger partial charge in [-0.2, -0.15) is 0 Å². The molecule has 3 aliphatic heterocycles. The number of hydrogen-bond acceptors (Lipinski definition) is 3. The van der Waals surface area contributed by atoms with Crippen molar-refractivity contribution >= 4 is 30.7 Å². The average Bonchev–Trinajstić information content (AvgIpc) is 2.47. The van der Waals surface area contributed by atoms with Crippen LogP contribution in [0, 0.1) is 5.92 Å². The largest absolute Gasteiger partial charge is 0.340 e. The molecule has 0 bridgehead atoms. The van der Waals surface area contributed by atoms with Gasteiger partial charge >= 0.3 is 0 Å². The minimum atomic E-state index is 0. The van der Waals surface area contributed by atoms with Crippen LogP contribution in [-0.4, -0.2) is 61.0 Å². The summed E-state index contributed by atoms with van der Waals surface area (Å²) in [7, 11) is 0. The third kappa shape index (κ3) is 4.00. The standard InChI is InChI=1S/C14H25N3O.2ClH/c18-14(12-4-3-6-15-10-12)17-9-8-16-7-2-1-5-13(16)11-17;;/h12-13,15H,1-11H2;2*1H. The molecule has 3 fully saturated rings. The second-order valence-electron chi connectivity index (χ2n) is 6.01. The van der Waals surface area contributed by atoms with Crippen LogP contribution in [0.1, 0.15) is 32.1 Å². The molecular formula is C14H27Cl2N3O. The van der Waals surface area contributed by atoms with E-state index in [9.17, 15) is 4.79 Å². The molecule has 0 aromatic heterocycles. The zero-order valence-electron chi connectivity index (χ0n) is 12.1. The van der Waals surface area contributed by atoms with Gasteiger partial charge in [-0.25, -0.2) is 0 Å². The summed E-state index contributed by atoms with van der Waals surface area (Å²) >= 11 is 0. The highest BCUT2D eigenvalue weighted by atomic mass is 35.5. The Hall–Kier alpha value is -0.0300. The quantitative estimate of drug-likeness (QED) is 0.794. The van der Waals surface area contributed by atoms with Crippen LogP contribution in [0.15, 0.2) is 0 Å². The van der Waals surface area contributed by atoms with Gasteiger partial charge in [0, 0.05) is 32.2 Å². The lowest BCUT2D eigenvalue weighted by Crippen LogP contribution is -2.57. The van der Waals surface area contributed by atoms with E-state index in [1.54, 1.807) is 0 Å². The van der Waals surface area contributed by atoms with Crippen LogP contribution in [0.25, 0.3) is 0 Å². The van der Waals surface area contributed by atoms with Crippen molar-refractivity contribution in [2.24, 2.45) is 5.92 Å². The Morgan fingerprint density at radius 1 is 1.00 bits per heavy atom. The lowest BCUT2D eigenvalue weighted by Gasteiger charge is -2.45. The van der Waals surface area contributed by atoms with Crippen LogP contribution < -0.4 is 5.32 Å². The summed E-state index contributed by atoms with van der Waals surface area (Å²) in [6.45, 7) is 6.25. The van der Waals surface area contributed by atoms with E-state index in [0.29, 0.717) is 11.9 Å². The molecule has 1 N–H and O–H groups in total. The van der Waals surface area contributed by atoms with Crippen molar-refractivity contribution in [2.75, 3.05) is 39.3 Å². The topological polar surface area (TPSA) is 35.6 Å². The molecule has 0 saturated carbocycles. The fourth-order valence-electron chi connectivity index (χ4n) is 3.68. The van der Waals surface area contributed by atoms with E-state index in [0.717, 1.165) is 45.6 Å². The van der Waals surface area contributed by atoms with Crippen molar-refractivity contribution in [1.82, 2.24) is 15.1 Å². The smallest absolute Gasteiger partial charge is 0.227 e. The number of halogens is 2. The van der Waals surface area contributed by atoms with Crippen molar-refractivity contribution in [3.8, 4) is 0 Å². The van der Waals surface area contributed by atoms with E-state index in [1.165, 1.54) is 25.8 Å². The first-order valence-corrected chi connectivity index (χ1v) is 7.58. The normalized spacial score (nSPS) is 30.7. The molecule has 3 saturated heterocycles. The molecule has 4 nitrogen and oxygen atoms in total. The highest BCUT2D eigenvalue weighted by Gasteiger charge is 2.33. The van der Waals surface area contributed by atoms with Crippen LogP contribution in [0.5, 0.6) is 0 Å². The third-order valence-corrected chi connectivity index (χ3v) is 4.80. The van der Waals surface area contributed by atoms with Gasteiger partial charge in [-0.15, -0.1) is 24.8 Å². The van der Waals surface area contributed by atoms with Gasteiger partial charge in [-0.3, -0.25) is 9.69 Å². The van der Waals surface area contributed by atoms with E-state index >= 15 is 0 Å². The van der Waals surface area contributed by atoms with Gasteiger partial charge in [-0.05, 0) is 38.8 Å². The lowest BCUT2D eigenvalue weighted by atomic mass is 9.95. The highest BCUT2D eigenvalue weighted by Crippen LogP contribution is 2.23. The molecule has 20 heavy (non-hydrogen) atoms. The summed E-state index contributed by atoms with van der Waals surface area (Å²) < 4.78 is 0. The van der Waals surface area contributed by atoms with Crippen molar-refractivity contribution in [1.29, 1.82) is 0 Å². The predicted molar refractivity (Wildman–Crippen MR) is 85.9 cm³/mol. The molecule has 0 radical (unpaired) electrons. The number of amides is 1. The maximum absolute atomic E-state index is 12.5. The number of hydrogen-bond donors (Lipinski definition) is 1. The number of fused-ring (bicyclic) bond motifs is 1. The fraction of sp³-hybridized carbons (Fsp3) is 0.929. The van der Waals surface area contributed by atoms with Crippen molar-refractivity contribution in [2.45, 2.75) is 38.1 Å². The Kier molecular flexibility index (Phi) is 7.59. The van der Waals surface area contributed by atoms with Crippen LogP contribution in [-0.2, 0) is 4.79 Å². The molecule has 3 heterocycles. The summed E-state index contributed by atoms with van der Waals surface area (Å²) in [6.07, 6.45) is 6.20. The molecule has 1 amide bonds. The summed E-state index contributed by atoms with van der Waals surface area (Å²) in [5.41, 5.74) is 0. The fourth-order valence-corrected chi connectivity index (χ4v) is 3.68. The van der Waals surface area contributed by atoms with Crippen LogP contribution >= 0.6 is 24.8 Å². The first-order valence-electron chi connectivity index (χ1n) is 7.58. The zero-order chi connectivity index (χ0) is 12.4. The monoisotopic (exact) mass is 323 g/mol. The molecule has 2 atom stereocenters. The Balaban J connectivity index is 0.000001000. The van der Waals surface area contributed by atoms with Crippen LogP contribution in [0.3, 0.4) is 0 Å². The predicted octanol–water partition coefficient (Wildman–Crippen LogP) is 1.53. The third-order valence-electron chi connectivity index (χ3n) is 4.80. The minimum Gasteiger partial charge on any atom is -0.340 e. The van der Waals surface area contributed by atoms with E-state index in [4.69, 9.17) is 0 Å². The molecular weight excluding hydrogens is 297 g/mol. The van der Waals surface area contributed by atoms with Gasteiger partial charge in [0.05, 0.1) is 5.92 Å². The summed E-state index contributed by atoms with van der Waals surface area (Å²) in [5.74, 6) is 0.654. The van der Waals surface area contributed by atoms with Gasteiger partial charge in [0.15, 0.2) is 0 Å². The van der Waals surface area contributed by atoms with E-state index < -0.39 is 0 Å². The number of nitrogens with one attached hydrogen (secondary N) is 1. The van der Waals surface area contributed by atoms with E-state index in [2.05, 4.69) is 15.1 Å². The molecule has 0 aromatic rings. The zero-order valence-corrected chi connectivity index (χ0v) is 13.7. The Labute approximate surface area is 134 Å². The molecule has 0 aliphatic carbocycles. The van der Waals surface area contributed by atoms with Crippen molar-refractivity contribution < 1.29 is 4.79 Å². The van der Waals surface area contributed by atoms with Gasteiger partial charge in [0.2, 0.25) is 5.91 Å². The van der Waals surface area contributed by atoms with Gasteiger partial charge in [-0.1, -0.05) is 6.42 Å². The van der Waals surface area contributed by atoms with E-state index in [1.807, 2.05) is 0 Å². The summed E-state index contributed by atoms with van der Waals surface area (Å²) in [4.78, 5) is 17.2. The molecule has 6 heteroatoms. The second-order valence-corrected chi connectivity index (χ2v) is 6.01. The van der Waals surface area contributed by atoms with Crippen molar-refractivity contribution in [3.63, 3.8) is 0 Å². The van der Waals surface area contributed by atoms with Gasteiger partial charge in [0.25, 0.3) is 0 Å². The first kappa shape index (κ1) is 18.0. The molecule has 0 spiro atoms. The number of piperazine rings is 1. The molecule has 2 unspecified atom stereocenters. The van der Waals surface area contributed by atoms with E-state index in [-0.39, 0.29) is 30.7 Å². The molecule has 3 rings (SSSR count). The number of carbonyl (C=O) groups excluding carboxylic acids is 1. The summed E-state index contributed by atoms with van der Waals surface area (Å²) in [5, 5.41) is 3.35. The highest BCUT2D eigenvalue weighted by molar-refractivity contribution is 5.85. The van der Waals surface area contributed by atoms with Gasteiger partial charge < -0.3 is 10.2 Å². The van der Waals surface area contributed by atoms with Crippen LogP contribution in [0.4, 0.5) is 0 Å². The number of carbonyl (C=O) groups is 1.